The molecule has 5 nitrogen and oxygen atoms in total. The van der Waals surface area contributed by atoms with Gasteiger partial charge in [0, 0.05) is 30.4 Å². The maximum Gasteiger partial charge on any atom is 0.315 e. The van der Waals surface area contributed by atoms with Gasteiger partial charge in [0.05, 0.1) is 3.79 Å². The van der Waals surface area contributed by atoms with Crippen molar-refractivity contribution in [3.8, 4) is 0 Å². The fraction of sp³-hybridized carbons (Fsp3) is 0.625. The van der Waals surface area contributed by atoms with Gasteiger partial charge in [0.15, 0.2) is 0 Å². The molecule has 2 rings (SSSR count). The number of hydrogen-bond donors (Lipinski definition) is 3. The largest absolute Gasteiger partial charge is 0.356 e. The van der Waals surface area contributed by atoms with Crippen LogP contribution in [0.15, 0.2) is 15.9 Å². The molecule has 0 aromatic carbocycles. The Kier molecular flexibility index (Phi) is 7.88. The third-order valence-corrected chi connectivity index (χ3v) is 5.58. The maximum atomic E-state index is 11.7. The molecule has 0 atom stereocenters. The molecule has 3 N–H and O–H groups in total. The van der Waals surface area contributed by atoms with E-state index in [-0.39, 0.29) is 11.9 Å². The Morgan fingerprint density at radius 2 is 1.91 bits per heavy atom. The summed E-state index contributed by atoms with van der Waals surface area (Å²) in [5.41, 5.74) is 0. The number of nitrogens with one attached hydrogen (secondary N) is 3. The highest BCUT2D eigenvalue weighted by Gasteiger charge is 2.15. The average molecular weight is 402 g/mol. The van der Waals surface area contributed by atoms with Gasteiger partial charge >= 0.3 is 6.03 Å². The number of urea groups is 1. The molecule has 0 spiro atoms. The molecule has 1 heterocycles. The summed E-state index contributed by atoms with van der Waals surface area (Å²) in [7, 11) is 0. The molecule has 0 bridgehead atoms. The van der Waals surface area contributed by atoms with E-state index in [0.29, 0.717) is 25.6 Å². The first-order valence-electron chi connectivity index (χ1n) is 8.19. The van der Waals surface area contributed by atoms with Crippen molar-refractivity contribution in [2.45, 2.75) is 51.0 Å². The first-order chi connectivity index (χ1) is 11.1. The minimum atomic E-state index is -0.159. The number of hydrogen-bond acceptors (Lipinski definition) is 3. The molecule has 7 heteroatoms. The van der Waals surface area contributed by atoms with Crippen molar-refractivity contribution in [3.63, 3.8) is 0 Å². The summed E-state index contributed by atoms with van der Waals surface area (Å²) in [6, 6.07) is 4.20. The molecular weight excluding hydrogens is 378 g/mol. The molecule has 0 aliphatic heterocycles. The van der Waals surface area contributed by atoms with Crippen LogP contribution in [0.1, 0.15) is 43.4 Å². The normalized spacial score (nSPS) is 15.2. The topological polar surface area (TPSA) is 70.2 Å². The van der Waals surface area contributed by atoms with E-state index in [1.165, 1.54) is 24.1 Å². The number of halogens is 1. The Balaban J connectivity index is 1.51. The van der Waals surface area contributed by atoms with E-state index >= 15 is 0 Å². The van der Waals surface area contributed by atoms with E-state index in [2.05, 4.69) is 37.9 Å². The van der Waals surface area contributed by atoms with Crippen molar-refractivity contribution in [1.82, 2.24) is 16.0 Å². The molecule has 1 aromatic heterocycles. The Labute approximate surface area is 149 Å². The first-order valence-corrected chi connectivity index (χ1v) is 9.80. The van der Waals surface area contributed by atoms with Crippen LogP contribution in [0.5, 0.6) is 0 Å². The van der Waals surface area contributed by atoms with Crippen molar-refractivity contribution in [1.29, 1.82) is 0 Å². The predicted octanol–water partition coefficient (Wildman–Crippen LogP) is 3.19. The summed E-state index contributed by atoms with van der Waals surface area (Å²) in [5.74, 6) is -0.0291. The summed E-state index contributed by atoms with van der Waals surface area (Å²) in [6.45, 7) is 0.995. The van der Waals surface area contributed by atoms with E-state index < -0.39 is 0 Å². The second-order valence-electron chi connectivity index (χ2n) is 5.79. The fourth-order valence-corrected chi connectivity index (χ4v) is 4.16. The maximum absolute atomic E-state index is 11.7. The molecule has 1 saturated carbocycles. The number of carbonyl (C=O) groups is 2. The van der Waals surface area contributed by atoms with Crippen molar-refractivity contribution >= 4 is 39.2 Å². The minimum Gasteiger partial charge on any atom is -0.356 e. The van der Waals surface area contributed by atoms with E-state index in [0.717, 1.165) is 23.0 Å². The smallest absolute Gasteiger partial charge is 0.315 e. The summed E-state index contributed by atoms with van der Waals surface area (Å²) in [5, 5.41) is 8.61. The molecule has 128 valence electrons. The molecule has 0 unspecified atom stereocenters. The second-order valence-corrected chi connectivity index (χ2v) is 8.34. The van der Waals surface area contributed by atoms with E-state index in [9.17, 15) is 9.59 Å². The number of thiophene rings is 1. The van der Waals surface area contributed by atoms with Gasteiger partial charge < -0.3 is 16.0 Å². The minimum absolute atomic E-state index is 0.0291. The van der Waals surface area contributed by atoms with E-state index in [4.69, 9.17) is 0 Å². The molecule has 0 saturated heterocycles. The van der Waals surface area contributed by atoms with E-state index in [1.807, 2.05) is 6.07 Å². The molecule has 1 fully saturated rings. The van der Waals surface area contributed by atoms with Crippen LogP contribution in [0, 0.1) is 0 Å². The lowest BCUT2D eigenvalue weighted by atomic mass is 9.96. The molecule has 0 radical (unpaired) electrons. The third-order valence-electron chi connectivity index (χ3n) is 3.90. The van der Waals surface area contributed by atoms with Crippen LogP contribution in [0.4, 0.5) is 4.79 Å². The molecule has 3 amide bonds. The standard InChI is InChI=1S/C16H24BrN3O2S/c17-14-7-6-13(23-14)8-10-18-15(21)9-11-19-16(22)20-12-4-2-1-3-5-12/h6-7,12H,1-5,8-11H2,(H,18,21)(H2,19,20,22). The molecule has 1 aromatic rings. The lowest BCUT2D eigenvalue weighted by Crippen LogP contribution is -2.43. The van der Waals surface area contributed by atoms with Gasteiger partial charge in [-0.05, 0) is 47.3 Å². The average Bonchev–Trinajstić information content (AvgIpc) is 2.94. The van der Waals surface area contributed by atoms with Crippen molar-refractivity contribution in [2.75, 3.05) is 13.1 Å². The SMILES string of the molecule is O=C(CCNC(=O)NC1CCCCC1)NCCc1ccc(Br)s1. The van der Waals surface area contributed by atoms with Crippen LogP contribution in [-0.4, -0.2) is 31.1 Å². The number of rotatable bonds is 7. The zero-order valence-electron chi connectivity index (χ0n) is 13.2. The van der Waals surface area contributed by atoms with Crippen LogP contribution in [0.3, 0.4) is 0 Å². The van der Waals surface area contributed by atoms with Gasteiger partial charge in [0.2, 0.25) is 5.91 Å². The lowest BCUT2D eigenvalue weighted by molar-refractivity contribution is -0.120. The predicted molar refractivity (Wildman–Crippen MR) is 96.8 cm³/mol. The third kappa shape index (κ3) is 7.35. The van der Waals surface area contributed by atoms with Gasteiger partial charge in [0.25, 0.3) is 0 Å². The Hall–Kier alpha value is -1.08. The number of amides is 3. The van der Waals surface area contributed by atoms with Gasteiger partial charge in [-0.15, -0.1) is 11.3 Å². The summed E-state index contributed by atoms with van der Waals surface area (Å²) >= 11 is 5.10. The monoisotopic (exact) mass is 401 g/mol. The lowest BCUT2D eigenvalue weighted by Gasteiger charge is -2.22. The van der Waals surface area contributed by atoms with Crippen LogP contribution in [0.25, 0.3) is 0 Å². The Morgan fingerprint density at radius 1 is 1.13 bits per heavy atom. The highest BCUT2D eigenvalue weighted by Crippen LogP contribution is 2.22. The van der Waals surface area contributed by atoms with Gasteiger partial charge in [0.1, 0.15) is 0 Å². The van der Waals surface area contributed by atoms with Gasteiger partial charge in [-0.25, -0.2) is 4.79 Å². The van der Waals surface area contributed by atoms with Crippen molar-refractivity contribution in [3.05, 3.63) is 20.8 Å². The zero-order chi connectivity index (χ0) is 16.5. The van der Waals surface area contributed by atoms with Crippen LogP contribution in [-0.2, 0) is 11.2 Å². The van der Waals surface area contributed by atoms with Gasteiger partial charge in [-0.2, -0.15) is 0 Å². The number of carbonyl (C=O) groups excluding carboxylic acids is 2. The first kappa shape index (κ1) is 18.3. The molecule has 1 aliphatic rings. The fourth-order valence-electron chi connectivity index (χ4n) is 2.67. The van der Waals surface area contributed by atoms with Crippen LogP contribution < -0.4 is 16.0 Å². The zero-order valence-corrected chi connectivity index (χ0v) is 15.6. The van der Waals surface area contributed by atoms with Gasteiger partial charge in [-0.3, -0.25) is 4.79 Å². The Bertz CT molecular complexity index is 515. The molecule has 1 aliphatic carbocycles. The highest BCUT2D eigenvalue weighted by atomic mass is 79.9. The van der Waals surface area contributed by atoms with Gasteiger partial charge in [-0.1, -0.05) is 19.3 Å². The highest BCUT2D eigenvalue weighted by molar-refractivity contribution is 9.11. The summed E-state index contributed by atoms with van der Waals surface area (Å²) in [4.78, 5) is 24.7. The molecular formula is C16H24BrN3O2S. The summed E-state index contributed by atoms with van der Waals surface area (Å²) in [6.07, 6.45) is 6.91. The molecule has 23 heavy (non-hydrogen) atoms. The van der Waals surface area contributed by atoms with Crippen LogP contribution in [0.2, 0.25) is 0 Å². The van der Waals surface area contributed by atoms with E-state index in [1.54, 1.807) is 11.3 Å². The van der Waals surface area contributed by atoms with Crippen LogP contribution >= 0.6 is 27.3 Å². The quantitative estimate of drug-likeness (QED) is 0.656. The summed E-state index contributed by atoms with van der Waals surface area (Å²) < 4.78 is 1.10. The Morgan fingerprint density at radius 3 is 2.61 bits per heavy atom. The van der Waals surface area contributed by atoms with Crippen molar-refractivity contribution < 1.29 is 9.59 Å². The van der Waals surface area contributed by atoms with Crippen molar-refractivity contribution in [2.24, 2.45) is 0 Å². The second kappa shape index (κ2) is 9.93.